The second kappa shape index (κ2) is 13.0. The molecule has 2 heteroatoms. The van der Waals surface area contributed by atoms with Crippen molar-refractivity contribution in [2.45, 2.75) is 5.41 Å². The molecule has 61 heavy (non-hydrogen) atoms. The summed E-state index contributed by atoms with van der Waals surface area (Å²) in [6.45, 7) is 0. The molecular formula is C59H36N2. The van der Waals surface area contributed by atoms with E-state index in [1.165, 1.54) is 82.4 Å². The summed E-state index contributed by atoms with van der Waals surface area (Å²) in [5.74, 6) is 0.708. The van der Waals surface area contributed by atoms with Crippen LogP contribution in [0.25, 0.3) is 99.6 Å². The monoisotopic (exact) mass is 772 g/mol. The summed E-state index contributed by atoms with van der Waals surface area (Å²) < 4.78 is 0. The molecular weight excluding hydrogens is 737 g/mol. The van der Waals surface area contributed by atoms with Gasteiger partial charge in [0.05, 0.1) is 16.8 Å². The summed E-state index contributed by atoms with van der Waals surface area (Å²) in [6, 6.07) is 79.7. The lowest BCUT2D eigenvalue weighted by Crippen LogP contribution is -2.25. The third-order valence-corrected chi connectivity index (χ3v) is 13.3. The average Bonchev–Trinajstić information content (AvgIpc) is 3.80. The second-order valence-electron chi connectivity index (χ2n) is 16.4. The lowest BCUT2D eigenvalue weighted by Gasteiger charge is -2.31. The third kappa shape index (κ3) is 4.91. The molecule has 0 saturated heterocycles. The van der Waals surface area contributed by atoms with Crippen molar-refractivity contribution in [3.63, 3.8) is 0 Å². The molecule has 1 aromatic heterocycles. The van der Waals surface area contributed by atoms with Crippen LogP contribution >= 0.6 is 0 Å². The Balaban J connectivity index is 1.05. The largest absolute Gasteiger partial charge is 0.228 e. The van der Waals surface area contributed by atoms with Crippen molar-refractivity contribution in [2.24, 2.45) is 0 Å². The Morgan fingerprint density at radius 2 is 0.721 bits per heavy atom. The first-order valence-corrected chi connectivity index (χ1v) is 21.1. The van der Waals surface area contributed by atoms with Gasteiger partial charge in [0.15, 0.2) is 5.82 Å². The normalized spacial score (nSPS) is 14.6. The molecule has 1 spiro atoms. The summed E-state index contributed by atoms with van der Waals surface area (Å²) in [7, 11) is 0. The molecule has 0 fully saturated rings. The fourth-order valence-electron chi connectivity index (χ4n) is 10.6. The average molecular weight is 773 g/mol. The van der Waals surface area contributed by atoms with Gasteiger partial charge in [-0.2, -0.15) is 0 Å². The van der Waals surface area contributed by atoms with Crippen LogP contribution in [-0.4, -0.2) is 9.97 Å². The first-order valence-electron chi connectivity index (χ1n) is 21.1. The maximum Gasteiger partial charge on any atom is 0.160 e. The van der Waals surface area contributed by atoms with Gasteiger partial charge >= 0.3 is 0 Å². The van der Waals surface area contributed by atoms with E-state index in [0.717, 1.165) is 33.6 Å². The zero-order valence-electron chi connectivity index (χ0n) is 33.2. The molecule has 11 aromatic rings. The Hall–Kier alpha value is -7.94. The molecule has 2 aliphatic carbocycles. The number of hydrogen-bond acceptors (Lipinski definition) is 2. The zero-order valence-corrected chi connectivity index (χ0v) is 33.2. The van der Waals surface area contributed by atoms with Crippen LogP contribution in [0, 0.1) is 0 Å². The van der Waals surface area contributed by atoms with E-state index in [0.29, 0.717) is 5.82 Å². The van der Waals surface area contributed by atoms with Gasteiger partial charge in [-0.25, -0.2) is 9.97 Å². The van der Waals surface area contributed by atoms with Crippen LogP contribution in [0.4, 0.5) is 0 Å². The van der Waals surface area contributed by atoms with Crippen molar-refractivity contribution in [1.82, 2.24) is 9.97 Å². The van der Waals surface area contributed by atoms with Gasteiger partial charge in [-0.15, -0.1) is 0 Å². The summed E-state index contributed by atoms with van der Waals surface area (Å²) in [4.78, 5) is 10.7. The van der Waals surface area contributed by atoms with Gasteiger partial charge in [0.2, 0.25) is 0 Å². The van der Waals surface area contributed by atoms with Gasteiger partial charge in [-0.05, 0) is 118 Å². The van der Waals surface area contributed by atoms with Gasteiger partial charge in [-0.1, -0.05) is 188 Å². The smallest absolute Gasteiger partial charge is 0.160 e. The maximum atomic E-state index is 5.35. The zero-order chi connectivity index (χ0) is 40.1. The lowest BCUT2D eigenvalue weighted by atomic mass is 9.70. The van der Waals surface area contributed by atoms with Crippen molar-refractivity contribution >= 4 is 32.3 Å². The highest BCUT2D eigenvalue weighted by Crippen LogP contribution is 2.63. The number of nitrogens with zero attached hydrogens (tertiary/aromatic N) is 2. The molecule has 0 bridgehead atoms. The van der Waals surface area contributed by atoms with Crippen molar-refractivity contribution in [2.75, 3.05) is 0 Å². The Labute approximate surface area is 354 Å². The van der Waals surface area contributed by atoms with E-state index in [1.807, 2.05) is 0 Å². The number of aromatic nitrogens is 2. The molecule has 0 radical (unpaired) electrons. The molecule has 2 nitrogen and oxygen atoms in total. The highest BCUT2D eigenvalue weighted by atomic mass is 14.9. The standard InChI is InChI=1S/C59H36N2/c1-3-16-37(17-4-1)39-20-15-21-40(32-39)57-36-56(38-18-5-2-6-19-38)60-58(61-57)41-30-31-54-50(33-41)46-26-11-13-28-52(46)59(54)53-29-14-12-27-47(53)51-34-48-44-24-9-7-22-42(44)43-23-8-10-25-45(43)49(48)35-55(51)59/h1-36H. The second-order valence-corrected chi connectivity index (χ2v) is 16.4. The van der Waals surface area contributed by atoms with E-state index in [4.69, 9.17) is 9.97 Å². The molecule has 0 aliphatic heterocycles. The maximum absolute atomic E-state index is 5.35. The van der Waals surface area contributed by atoms with Gasteiger partial charge in [0.1, 0.15) is 0 Å². The van der Waals surface area contributed by atoms with Crippen molar-refractivity contribution in [1.29, 1.82) is 0 Å². The molecule has 1 atom stereocenters. The highest BCUT2D eigenvalue weighted by molar-refractivity contribution is 6.26. The number of hydrogen-bond donors (Lipinski definition) is 0. The molecule has 0 amide bonds. The number of fused-ring (bicyclic) bond motifs is 16. The predicted octanol–water partition coefficient (Wildman–Crippen LogP) is 14.9. The first kappa shape index (κ1) is 34.0. The molecule has 2 aliphatic rings. The van der Waals surface area contributed by atoms with Crippen LogP contribution in [0.1, 0.15) is 22.3 Å². The van der Waals surface area contributed by atoms with E-state index in [9.17, 15) is 0 Å². The van der Waals surface area contributed by atoms with Crippen LogP contribution in [-0.2, 0) is 5.41 Å². The van der Waals surface area contributed by atoms with Gasteiger partial charge in [0.25, 0.3) is 0 Å². The first-order chi connectivity index (χ1) is 30.2. The van der Waals surface area contributed by atoms with Crippen LogP contribution in [0.2, 0.25) is 0 Å². The van der Waals surface area contributed by atoms with Crippen LogP contribution in [0.15, 0.2) is 218 Å². The number of benzene rings is 10. The summed E-state index contributed by atoms with van der Waals surface area (Å²) in [5, 5.41) is 7.74. The van der Waals surface area contributed by atoms with Gasteiger partial charge < -0.3 is 0 Å². The quantitative estimate of drug-likeness (QED) is 0.167. The minimum atomic E-state index is -0.493. The van der Waals surface area contributed by atoms with Gasteiger partial charge in [-0.3, -0.25) is 0 Å². The SMILES string of the molecule is c1ccc(-c2cccc(-c3cc(-c4ccccc4)nc(-c4ccc5c(c4)-c4ccccc4C54c5ccccc5-c5cc6c7ccccc7c7ccccc7c6cc54)n3)c2)cc1. The summed E-state index contributed by atoms with van der Waals surface area (Å²) in [5.41, 5.74) is 17.1. The third-order valence-electron chi connectivity index (χ3n) is 13.3. The number of rotatable bonds is 4. The predicted molar refractivity (Wildman–Crippen MR) is 253 cm³/mol. The minimum absolute atomic E-state index is 0.493. The van der Waals surface area contributed by atoms with Crippen molar-refractivity contribution < 1.29 is 0 Å². The van der Waals surface area contributed by atoms with Crippen LogP contribution in [0.3, 0.4) is 0 Å². The summed E-state index contributed by atoms with van der Waals surface area (Å²) >= 11 is 0. The van der Waals surface area contributed by atoms with E-state index in [2.05, 4.69) is 218 Å². The summed E-state index contributed by atoms with van der Waals surface area (Å²) in [6.07, 6.45) is 0. The Kier molecular flexibility index (Phi) is 7.26. The van der Waals surface area contributed by atoms with E-state index in [1.54, 1.807) is 0 Å². The van der Waals surface area contributed by atoms with E-state index >= 15 is 0 Å². The van der Waals surface area contributed by atoms with E-state index in [-0.39, 0.29) is 0 Å². The molecule has 0 N–H and O–H groups in total. The van der Waals surface area contributed by atoms with Crippen LogP contribution in [0.5, 0.6) is 0 Å². The molecule has 1 unspecified atom stereocenters. The fraction of sp³-hybridized carbons (Fsp3) is 0.0169. The highest BCUT2D eigenvalue weighted by Gasteiger charge is 2.51. The minimum Gasteiger partial charge on any atom is -0.228 e. The van der Waals surface area contributed by atoms with Crippen molar-refractivity contribution in [3.05, 3.63) is 241 Å². The lowest BCUT2D eigenvalue weighted by molar-refractivity contribution is 0.795. The van der Waals surface area contributed by atoms with Crippen LogP contribution < -0.4 is 0 Å². The molecule has 282 valence electrons. The molecule has 0 saturated carbocycles. The van der Waals surface area contributed by atoms with E-state index < -0.39 is 5.41 Å². The fourth-order valence-corrected chi connectivity index (χ4v) is 10.6. The topological polar surface area (TPSA) is 25.8 Å². The Morgan fingerprint density at radius 3 is 1.38 bits per heavy atom. The Bertz CT molecular complexity index is 3590. The Morgan fingerprint density at radius 1 is 0.246 bits per heavy atom. The molecule has 10 aromatic carbocycles. The molecule has 13 rings (SSSR count). The molecule has 1 heterocycles. The van der Waals surface area contributed by atoms with Crippen molar-refractivity contribution in [3.8, 4) is 67.3 Å². The van der Waals surface area contributed by atoms with Gasteiger partial charge in [0, 0.05) is 16.7 Å².